The molecule has 1 atom stereocenters. The first-order valence-corrected chi connectivity index (χ1v) is 3.63. The van der Waals surface area contributed by atoms with Gasteiger partial charge in [-0.05, 0) is 6.54 Å². The smallest absolute Gasteiger partial charge is 0.302 e. The molecule has 0 spiro atoms. The molecule has 0 bridgehead atoms. The Kier molecular flexibility index (Phi) is 5.35. The van der Waals surface area contributed by atoms with Crippen molar-refractivity contribution >= 4 is 17.6 Å². The molecule has 0 aromatic heterocycles. The molecule has 0 radical (unpaired) electrons. The van der Waals surface area contributed by atoms with Gasteiger partial charge in [-0.15, -0.1) is 11.6 Å². The molecule has 60 valence electrons. The molecule has 0 saturated heterocycles. The van der Waals surface area contributed by atoms with Gasteiger partial charge in [0.2, 0.25) is 0 Å². The fourth-order valence-corrected chi connectivity index (χ4v) is 0.626. The van der Waals surface area contributed by atoms with E-state index in [0.717, 1.165) is 0 Å². The van der Waals surface area contributed by atoms with Gasteiger partial charge in [0.15, 0.2) is 0 Å². The molecular formula is C6H12ClNO2. The van der Waals surface area contributed by atoms with E-state index in [2.05, 4.69) is 4.74 Å². The minimum absolute atomic E-state index is 0.0885. The first-order valence-electron chi connectivity index (χ1n) is 3.10. The maximum Gasteiger partial charge on any atom is 0.302 e. The molecule has 0 aromatic rings. The predicted octanol–water partition coefficient (Wildman–Crippen LogP) is 0.363. The fraction of sp³-hybridized carbons (Fsp3) is 0.833. The summed E-state index contributed by atoms with van der Waals surface area (Å²) in [7, 11) is 0. The summed E-state index contributed by atoms with van der Waals surface area (Å²) < 4.78 is 4.68. The van der Waals surface area contributed by atoms with Crippen LogP contribution in [0.2, 0.25) is 0 Å². The second-order valence-electron chi connectivity index (χ2n) is 2.06. The van der Waals surface area contributed by atoms with E-state index in [9.17, 15) is 4.79 Å². The number of esters is 1. The highest BCUT2D eigenvalue weighted by Crippen LogP contribution is 1.97. The van der Waals surface area contributed by atoms with Gasteiger partial charge in [0.05, 0.1) is 6.61 Å². The lowest BCUT2D eigenvalue weighted by atomic mass is 10.2. The van der Waals surface area contributed by atoms with E-state index < -0.39 is 0 Å². The van der Waals surface area contributed by atoms with Crippen molar-refractivity contribution in [1.82, 2.24) is 0 Å². The van der Waals surface area contributed by atoms with E-state index >= 15 is 0 Å². The summed E-state index contributed by atoms with van der Waals surface area (Å²) >= 11 is 5.48. The van der Waals surface area contributed by atoms with Gasteiger partial charge in [0.1, 0.15) is 0 Å². The summed E-state index contributed by atoms with van der Waals surface area (Å²) in [6, 6.07) is 0. The van der Waals surface area contributed by atoms with Gasteiger partial charge in [0, 0.05) is 18.7 Å². The molecule has 0 aliphatic carbocycles. The van der Waals surface area contributed by atoms with Gasteiger partial charge < -0.3 is 10.5 Å². The van der Waals surface area contributed by atoms with Crippen molar-refractivity contribution in [3.8, 4) is 0 Å². The zero-order valence-electron chi connectivity index (χ0n) is 5.97. The van der Waals surface area contributed by atoms with E-state index in [-0.39, 0.29) is 11.9 Å². The van der Waals surface area contributed by atoms with Crippen LogP contribution in [-0.4, -0.2) is 25.0 Å². The number of hydrogen-bond donors (Lipinski definition) is 1. The highest BCUT2D eigenvalue weighted by molar-refractivity contribution is 6.18. The van der Waals surface area contributed by atoms with Crippen LogP contribution in [0.4, 0.5) is 0 Å². The largest absolute Gasteiger partial charge is 0.465 e. The van der Waals surface area contributed by atoms with E-state index in [0.29, 0.717) is 19.0 Å². The summed E-state index contributed by atoms with van der Waals surface area (Å²) in [5.74, 6) is 0.234. The first kappa shape index (κ1) is 9.72. The number of ether oxygens (including phenoxy) is 1. The number of carbonyl (C=O) groups excluding carboxylic acids is 1. The average Bonchev–Trinajstić information content (AvgIpc) is 1.90. The average molecular weight is 166 g/mol. The standard InChI is InChI=1S/C6H12ClNO2/c1-5(9)10-4-6(2-7)3-8/h6H,2-4,8H2,1H3. The molecule has 0 amide bonds. The van der Waals surface area contributed by atoms with Crippen molar-refractivity contribution in [2.75, 3.05) is 19.0 Å². The quantitative estimate of drug-likeness (QED) is 0.484. The van der Waals surface area contributed by atoms with Crippen LogP contribution in [0.3, 0.4) is 0 Å². The van der Waals surface area contributed by atoms with Crippen molar-refractivity contribution in [1.29, 1.82) is 0 Å². The van der Waals surface area contributed by atoms with Crippen LogP contribution >= 0.6 is 11.6 Å². The highest BCUT2D eigenvalue weighted by Gasteiger charge is 2.05. The van der Waals surface area contributed by atoms with Crippen molar-refractivity contribution in [3.63, 3.8) is 0 Å². The number of nitrogens with two attached hydrogens (primary N) is 1. The highest BCUT2D eigenvalue weighted by atomic mass is 35.5. The van der Waals surface area contributed by atoms with Crippen LogP contribution in [-0.2, 0) is 9.53 Å². The van der Waals surface area contributed by atoms with Crippen molar-refractivity contribution in [2.45, 2.75) is 6.92 Å². The molecule has 10 heavy (non-hydrogen) atoms. The molecule has 0 aromatic carbocycles. The Hall–Kier alpha value is -0.280. The summed E-state index contributed by atoms with van der Waals surface area (Å²) in [5.41, 5.74) is 5.29. The Balaban J connectivity index is 3.34. The first-order chi connectivity index (χ1) is 4.70. The maximum atomic E-state index is 10.3. The normalized spacial score (nSPS) is 12.7. The number of rotatable bonds is 4. The van der Waals surface area contributed by atoms with Gasteiger partial charge in [0.25, 0.3) is 0 Å². The minimum Gasteiger partial charge on any atom is -0.465 e. The van der Waals surface area contributed by atoms with Gasteiger partial charge >= 0.3 is 5.97 Å². The van der Waals surface area contributed by atoms with Crippen LogP contribution < -0.4 is 5.73 Å². The van der Waals surface area contributed by atoms with Crippen LogP contribution in [0.1, 0.15) is 6.92 Å². The number of hydrogen-bond acceptors (Lipinski definition) is 3. The fourth-order valence-electron chi connectivity index (χ4n) is 0.411. The predicted molar refractivity (Wildman–Crippen MR) is 39.9 cm³/mol. The Morgan fingerprint density at radius 3 is 2.70 bits per heavy atom. The molecule has 0 rings (SSSR count). The summed E-state index contributed by atoms with van der Waals surface area (Å²) in [4.78, 5) is 10.3. The molecule has 4 heteroatoms. The lowest BCUT2D eigenvalue weighted by Gasteiger charge is -2.09. The maximum absolute atomic E-state index is 10.3. The molecule has 0 saturated carbocycles. The molecule has 2 N–H and O–H groups in total. The van der Waals surface area contributed by atoms with E-state index in [1.807, 2.05) is 0 Å². The molecular weight excluding hydrogens is 154 g/mol. The van der Waals surface area contributed by atoms with Crippen LogP contribution in [0.5, 0.6) is 0 Å². The van der Waals surface area contributed by atoms with Crippen molar-refractivity contribution in [2.24, 2.45) is 11.7 Å². The molecule has 0 aliphatic rings. The van der Waals surface area contributed by atoms with E-state index in [1.165, 1.54) is 6.92 Å². The SMILES string of the molecule is CC(=O)OCC(CN)CCl. The molecule has 0 heterocycles. The van der Waals surface area contributed by atoms with E-state index in [4.69, 9.17) is 17.3 Å². The van der Waals surface area contributed by atoms with Gasteiger partial charge in [-0.3, -0.25) is 4.79 Å². The Morgan fingerprint density at radius 2 is 2.40 bits per heavy atom. The zero-order valence-corrected chi connectivity index (χ0v) is 6.73. The third kappa shape index (κ3) is 4.58. The van der Waals surface area contributed by atoms with Crippen LogP contribution in [0.15, 0.2) is 0 Å². The van der Waals surface area contributed by atoms with Crippen molar-refractivity contribution < 1.29 is 9.53 Å². The summed E-state index contributed by atoms with van der Waals surface area (Å²) in [6.07, 6.45) is 0. The second-order valence-corrected chi connectivity index (χ2v) is 2.37. The number of carbonyl (C=O) groups is 1. The van der Waals surface area contributed by atoms with Gasteiger partial charge in [-0.1, -0.05) is 0 Å². The molecule has 0 aliphatic heterocycles. The Labute approximate surface area is 65.5 Å². The summed E-state index contributed by atoms with van der Waals surface area (Å²) in [5, 5.41) is 0. The van der Waals surface area contributed by atoms with Crippen molar-refractivity contribution in [3.05, 3.63) is 0 Å². The second kappa shape index (κ2) is 5.50. The third-order valence-corrected chi connectivity index (χ3v) is 1.51. The Bertz CT molecular complexity index is 104. The van der Waals surface area contributed by atoms with Gasteiger partial charge in [-0.25, -0.2) is 0 Å². The minimum atomic E-state index is -0.288. The lowest BCUT2D eigenvalue weighted by molar-refractivity contribution is -0.142. The number of halogens is 1. The monoisotopic (exact) mass is 165 g/mol. The topological polar surface area (TPSA) is 52.3 Å². The molecule has 0 fully saturated rings. The van der Waals surface area contributed by atoms with Crippen LogP contribution in [0.25, 0.3) is 0 Å². The Morgan fingerprint density at radius 1 is 1.80 bits per heavy atom. The van der Waals surface area contributed by atoms with Gasteiger partial charge in [-0.2, -0.15) is 0 Å². The molecule has 3 nitrogen and oxygen atoms in total. The number of alkyl halides is 1. The molecule has 1 unspecified atom stereocenters. The third-order valence-electron chi connectivity index (χ3n) is 1.07. The van der Waals surface area contributed by atoms with E-state index in [1.54, 1.807) is 0 Å². The lowest BCUT2D eigenvalue weighted by Crippen LogP contribution is -2.22. The summed E-state index contributed by atoms with van der Waals surface area (Å²) in [6.45, 7) is 2.15. The van der Waals surface area contributed by atoms with Crippen LogP contribution in [0, 0.1) is 5.92 Å². The zero-order chi connectivity index (χ0) is 7.98.